The van der Waals surface area contributed by atoms with Crippen LogP contribution in [0.1, 0.15) is 16.7 Å². The van der Waals surface area contributed by atoms with Crippen molar-refractivity contribution in [1.82, 2.24) is 4.90 Å². The fourth-order valence-electron chi connectivity index (χ4n) is 2.76. The third-order valence-corrected chi connectivity index (χ3v) is 4.14. The Hall–Kier alpha value is -2.82. The van der Waals surface area contributed by atoms with E-state index >= 15 is 0 Å². The van der Waals surface area contributed by atoms with Crippen LogP contribution in [0.3, 0.4) is 0 Å². The number of fused-ring (bicyclic) bond motifs is 1. The highest BCUT2D eigenvalue weighted by molar-refractivity contribution is 5.91. The molecule has 1 aliphatic rings. The van der Waals surface area contributed by atoms with E-state index in [0.717, 1.165) is 23.3 Å². The Morgan fingerprint density at radius 3 is 2.92 bits per heavy atom. The van der Waals surface area contributed by atoms with E-state index in [2.05, 4.69) is 0 Å². The molecule has 1 aliphatic heterocycles. The van der Waals surface area contributed by atoms with Crippen LogP contribution in [0.4, 0.5) is 4.39 Å². The molecular weight excluding hydrogens is 321 g/mol. The van der Waals surface area contributed by atoms with Crippen molar-refractivity contribution in [3.63, 3.8) is 0 Å². The molecule has 0 fully saturated rings. The molecule has 0 saturated carbocycles. The summed E-state index contributed by atoms with van der Waals surface area (Å²) in [6.45, 7) is 1.03. The molecule has 0 radical (unpaired) electrons. The number of rotatable bonds is 5. The maximum absolute atomic E-state index is 13.7. The standard InChI is InChI=1S/C20H20FNO3/c1-22(13-15-4-7-19(24-2)17(21)12-15)20(23)8-5-14-3-6-18-16(11-14)9-10-25-18/h3-8,11-12H,9-10,13H2,1-2H3/b8-5+. The number of nitrogens with zero attached hydrogens (tertiary/aromatic N) is 1. The molecule has 0 atom stereocenters. The van der Waals surface area contributed by atoms with Gasteiger partial charge in [0, 0.05) is 26.1 Å². The largest absolute Gasteiger partial charge is 0.494 e. The minimum Gasteiger partial charge on any atom is -0.494 e. The Kier molecular flexibility index (Phi) is 5.03. The zero-order valence-electron chi connectivity index (χ0n) is 14.3. The molecule has 0 N–H and O–H groups in total. The first-order valence-corrected chi connectivity index (χ1v) is 8.08. The maximum Gasteiger partial charge on any atom is 0.246 e. The molecular formula is C20H20FNO3. The summed E-state index contributed by atoms with van der Waals surface area (Å²) in [5.74, 6) is 0.532. The lowest BCUT2D eigenvalue weighted by Crippen LogP contribution is -2.24. The molecule has 5 heteroatoms. The van der Waals surface area contributed by atoms with E-state index in [1.807, 2.05) is 18.2 Å². The number of ether oxygens (including phenoxy) is 2. The highest BCUT2D eigenvalue weighted by atomic mass is 19.1. The van der Waals surface area contributed by atoms with E-state index in [1.165, 1.54) is 24.2 Å². The quantitative estimate of drug-likeness (QED) is 0.782. The Morgan fingerprint density at radius 2 is 2.16 bits per heavy atom. The number of hydrogen-bond donors (Lipinski definition) is 0. The van der Waals surface area contributed by atoms with E-state index in [4.69, 9.17) is 9.47 Å². The average Bonchev–Trinajstić information content (AvgIpc) is 3.07. The molecule has 3 rings (SSSR count). The molecule has 130 valence electrons. The van der Waals surface area contributed by atoms with E-state index in [0.29, 0.717) is 18.7 Å². The number of carbonyl (C=O) groups is 1. The third kappa shape index (κ3) is 3.99. The predicted octanol–water partition coefficient (Wildman–Crippen LogP) is 3.44. The van der Waals surface area contributed by atoms with Gasteiger partial charge in [0.15, 0.2) is 11.6 Å². The first-order valence-electron chi connectivity index (χ1n) is 8.08. The van der Waals surface area contributed by atoms with Gasteiger partial charge in [0.2, 0.25) is 5.91 Å². The monoisotopic (exact) mass is 341 g/mol. The third-order valence-electron chi connectivity index (χ3n) is 4.14. The van der Waals surface area contributed by atoms with Crippen LogP contribution in [0.2, 0.25) is 0 Å². The molecule has 1 heterocycles. The molecule has 0 spiro atoms. The number of likely N-dealkylation sites (N-methyl/N-ethyl adjacent to an activating group) is 1. The number of methoxy groups -OCH3 is 1. The topological polar surface area (TPSA) is 38.8 Å². The van der Waals surface area contributed by atoms with Crippen molar-refractivity contribution in [1.29, 1.82) is 0 Å². The van der Waals surface area contributed by atoms with Crippen LogP contribution in [0, 0.1) is 5.82 Å². The van der Waals surface area contributed by atoms with Gasteiger partial charge in [0.25, 0.3) is 0 Å². The Balaban J connectivity index is 1.63. The number of benzene rings is 2. The number of amides is 1. The van der Waals surface area contributed by atoms with Gasteiger partial charge < -0.3 is 14.4 Å². The summed E-state index contributed by atoms with van der Waals surface area (Å²) in [6.07, 6.45) is 4.21. The number of carbonyl (C=O) groups excluding carboxylic acids is 1. The molecule has 0 unspecified atom stereocenters. The van der Waals surface area contributed by atoms with Gasteiger partial charge in [-0.15, -0.1) is 0 Å². The SMILES string of the molecule is COc1ccc(CN(C)C(=O)/C=C/c2ccc3c(c2)CCO3)cc1F. The fourth-order valence-corrected chi connectivity index (χ4v) is 2.76. The van der Waals surface area contributed by atoms with Gasteiger partial charge in [-0.05, 0) is 47.0 Å². The maximum atomic E-state index is 13.7. The lowest BCUT2D eigenvalue weighted by molar-refractivity contribution is -0.125. The highest BCUT2D eigenvalue weighted by Gasteiger charge is 2.12. The van der Waals surface area contributed by atoms with E-state index in [9.17, 15) is 9.18 Å². The van der Waals surface area contributed by atoms with Crippen LogP contribution < -0.4 is 9.47 Å². The van der Waals surface area contributed by atoms with Crippen LogP contribution in [-0.2, 0) is 17.8 Å². The minimum absolute atomic E-state index is 0.145. The zero-order chi connectivity index (χ0) is 17.8. The van der Waals surface area contributed by atoms with E-state index in [-0.39, 0.29) is 11.7 Å². The summed E-state index contributed by atoms with van der Waals surface area (Å²) in [4.78, 5) is 13.8. The summed E-state index contributed by atoms with van der Waals surface area (Å²) >= 11 is 0. The molecule has 0 saturated heterocycles. The minimum atomic E-state index is -0.434. The van der Waals surface area contributed by atoms with Crippen molar-refractivity contribution in [3.8, 4) is 11.5 Å². The normalized spacial score (nSPS) is 12.8. The second-order valence-electron chi connectivity index (χ2n) is 5.96. The molecule has 1 amide bonds. The van der Waals surface area contributed by atoms with Crippen LogP contribution in [-0.4, -0.2) is 31.6 Å². The lowest BCUT2D eigenvalue weighted by Gasteiger charge is -2.15. The lowest BCUT2D eigenvalue weighted by atomic mass is 10.1. The zero-order valence-corrected chi connectivity index (χ0v) is 14.3. The number of halogens is 1. The van der Waals surface area contributed by atoms with Crippen molar-refractivity contribution < 1.29 is 18.7 Å². The van der Waals surface area contributed by atoms with Gasteiger partial charge in [0.1, 0.15) is 5.75 Å². The van der Waals surface area contributed by atoms with Crippen molar-refractivity contribution in [3.05, 3.63) is 65.0 Å². The van der Waals surface area contributed by atoms with Crippen LogP contribution >= 0.6 is 0 Å². The molecule has 0 bridgehead atoms. The van der Waals surface area contributed by atoms with Crippen molar-refractivity contribution in [2.24, 2.45) is 0 Å². The van der Waals surface area contributed by atoms with Crippen molar-refractivity contribution >= 4 is 12.0 Å². The van der Waals surface area contributed by atoms with Crippen molar-refractivity contribution in [2.75, 3.05) is 20.8 Å². The smallest absolute Gasteiger partial charge is 0.246 e. The van der Waals surface area contributed by atoms with E-state index < -0.39 is 5.82 Å². The molecule has 2 aromatic carbocycles. The molecule has 2 aromatic rings. The Morgan fingerprint density at radius 1 is 1.32 bits per heavy atom. The average molecular weight is 341 g/mol. The second kappa shape index (κ2) is 7.38. The molecule has 4 nitrogen and oxygen atoms in total. The molecule has 25 heavy (non-hydrogen) atoms. The first-order chi connectivity index (χ1) is 12.1. The summed E-state index contributed by atoms with van der Waals surface area (Å²) < 4.78 is 24.1. The van der Waals surface area contributed by atoms with Crippen LogP contribution in [0.25, 0.3) is 6.08 Å². The summed E-state index contributed by atoms with van der Waals surface area (Å²) in [6, 6.07) is 10.6. The predicted molar refractivity (Wildman–Crippen MR) is 94.1 cm³/mol. The Labute approximate surface area is 146 Å². The van der Waals surface area contributed by atoms with Crippen LogP contribution in [0.5, 0.6) is 11.5 Å². The summed E-state index contributed by atoms with van der Waals surface area (Å²) in [5, 5.41) is 0. The Bertz CT molecular complexity index is 817. The van der Waals surface area contributed by atoms with Gasteiger partial charge >= 0.3 is 0 Å². The second-order valence-corrected chi connectivity index (χ2v) is 5.96. The molecule has 0 aliphatic carbocycles. The summed E-state index contributed by atoms with van der Waals surface area (Å²) in [7, 11) is 3.11. The number of hydrogen-bond acceptors (Lipinski definition) is 3. The van der Waals surface area contributed by atoms with Crippen LogP contribution in [0.15, 0.2) is 42.5 Å². The van der Waals surface area contributed by atoms with Gasteiger partial charge in [-0.25, -0.2) is 4.39 Å². The summed E-state index contributed by atoms with van der Waals surface area (Å²) in [5.41, 5.74) is 2.83. The molecule has 0 aromatic heterocycles. The van der Waals surface area contributed by atoms with Crippen molar-refractivity contribution in [2.45, 2.75) is 13.0 Å². The van der Waals surface area contributed by atoms with Gasteiger partial charge in [-0.3, -0.25) is 4.79 Å². The first kappa shape index (κ1) is 17.0. The fraction of sp³-hybridized carbons (Fsp3) is 0.250. The van der Waals surface area contributed by atoms with Gasteiger partial charge in [0.05, 0.1) is 13.7 Å². The van der Waals surface area contributed by atoms with Gasteiger partial charge in [-0.2, -0.15) is 0 Å². The highest BCUT2D eigenvalue weighted by Crippen LogP contribution is 2.26. The van der Waals surface area contributed by atoms with Gasteiger partial charge in [-0.1, -0.05) is 12.1 Å². The van der Waals surface area contributed by atoms with E-state index in [1.54, 1.807) is 25.3 Å².